The summed E-state index contributed by atoms with van der Waals surface area (Å²) in [6.07, 6.45) is 4.09. The summed E-state index contributed by atoms with van der Waals surface area (Å²) in [5.41, 5.74) is 0. The number of carbonyl (C=O) groups excluding carboxylic acids is 1. The molecule has 0 rings (SSSR count). The second-order valence-electron chi connectivity index (χ2n) is 3.32. The van der Waals surface area contributed by atoms with Gasteiger partial charge in [0.25, 0.3) is 0 Å². The Labute approximate surface area is 75.7 Å². The van der Waals surface area contributed by atoms with Gasteiger partial charge in [0.05, 0.1) is 0 Å². The fourth-order valence-corrected chi connectivity index (χ4v) is 5.28. The van der Waals surface area contributed by atoms with Crippen molar-refractivity contribution in [2.75, 3.05) is 24.6 Å². The van der Waals surface area contributed by atoms with E-state index < -0.39 is 6.83 Å². The molecule has 0 fully saturated rings. The Morgan fingerprint density at radius 1 is 1.00 bits per heavy atom. The van der Waals surface area contributed by atoms with Crippen molar-refractivity contribution in [2.24, 2.45) is 0 Å². The van der Waals surface area contributed by atoms with Gasteiger partial charge in [-0.2, -0.15) is 0 Å². The summed E-state index contributed by atoms with van der Waals surface area (Å²) in [5.74, 6) is 0. The molecule has 0 aliphatic carbocycles. The van der Waals surface area contributed by atoms with E-state index in [0.29, 0.717) is 6.47 Å². The van der Waals surface area contributed by atoms with Crippen LogP contribution in [-0.4, -0.2) is 31.1 Å². The Morgan fingerprint density at radius 3 is 1.42 bits per heavy atom. The Balaban J connectivity index is 4.82. The van der Waals surface area contributed by atoms with Crippen LogP contribution in [0.3, 0.4) is 0 Å². The van der Waals surface area contributed by atoms with Gasteiger partial charge < -0.3 is 0 Å². The molecule has 0 aromatic carbocycles. The molecule has 12 heavy (non-hydrogen) atoms. The van der Waals surface area contributed by atoms with Crippen molar-refractivity contribution in [3.05, 3.63) is 0 Å². The monoisotopic (exact) mass is 192 g/mol. The van der Waals surface area contributed by atoms with Gasteiger partial charge in [-0.05, 0) is 0 Å². The van der Waals surface area contributed by atoms with Gasteiger partial charge in [0.1, 0.15) is 0 Å². The van der Waals surface area contributed by atoms with Crippen LogP contribution in [0.1, 0.15) is 27.7 Å². The second kappa shape index (κ2) is 4.23. The molecule has 0 unspecified atom stereocenters. The van der Waals surface area contributed by atoms with Gasteiger partial charge in [-0.3, -0.25) is 0 Å². The first-order chi connectivity index (χ1) is 5.62. The van der Waals surface area contributed by atoms with Gasteiger partial charge in [0.2, 0.25) is 0 Å². The molecular weight excluding hydrogens is 171 g/mol. The summed E-state index contributed by atoms with van der Waals surface area (Å²) in [5, 5.41) is 0. The molecule has 0 aliphatic rings. The van der Waals surface area contributed by atoms with E-state index in [4.69, 9.17) is 4.52 Å². The molecule has 3 heteroatoms. The maximum atomic E-state index is 10.5. The van der Waals surface area contributed by atoms with Gasteiger partial charge in [-0.25, -0.2) is 0 Å². The minimum atomic E-state index is -2.08. The average molecular weight is 192 g/mol. The number of hydrogen-bond donors (Lipinski definition) is 0. The third kappa shape index (κ3) is 1.80. The maximum absolute atomic E-state index is 10.5. The van der Waals surface area contributed by atoms with Crippen LogP contribution in [-0.2, 0) is 9.32 Å². The molecule has 2 nitrogen and oxygen atoms in total. The van der Waals surface area contributed by atoms with E-state index in [9.17, 15) is 4.79 Å². The Bertz CT molecular complexity index is 129. The molecule has 0 radical (unpaired) electrons. The van der Waals surface area contributed by atoms with E-state index in [1.54, 1.807) is 0 Å². The van der Waals surface area contributed by atoms with Crippen molar-refractivity contribution in [3.8, 4) is 0 Å². The zero-order chi connectivity index (χ0) is 9.69. The summed E-state index contributed by atoms with van der Waals surface area (Å²) in [7, 11) is 0. The Morgan fingerprint density at radius 2 is 1.33 bits per heavy atom. The molecular formula is C9H21O2P. The van der Waals surface area contributed by atoms with Gasteiger partial charge in [0.15, 0.2) is 0 Å². The fourth-order valence-electron chi connectivity index (χ4n) is 1.76. The summed E-state index contributed by atoms with van der Waals surface area (Å²) < 4.78 is 5.46. The molecule has 0 amide bonds. The molecule has 0 saturated heterocycles. The Kier molecular flexibility index (Phi) is 4.19. The van der Waals surface area contributed by atoms with Gasteiger partial charge in [0, 0.05) is 0 Å². The van der Waals surface area contributed by atoms with Crippen molar-refractivity contribution < 1.29 is 9.32 Å². The minimum absolute atomic E-state index is 0.651. The molecule has 0 bridgehead atoms. The molecule has 0 N–H and O–H groups in total. The quantitative estimate of drug-likeness (QED) is 0.477. The number of rotatable bonds is 6. The van der Waals surface area contributed by atoms with Crippen molar-refractivity contribution in [3.63, 3.8) is 0 Å². The van der Waals surface area contributed by atoms with Crippen molar-refractivity contribution in [1.82, 2.24) is 0 Å². The van der Waals surface area contributed by atoms with Crippen molar-refractivity contribution in [1.29, 1.82) is 0 Å². The predicted molar refractivity (Wildman–Crippen MR) is 56.2 cm³/mol. The van der Waals surface area contributed by atoms with E-state index >= 15 is 0 Å². The van der Waals surface area contributed by atoms with Crippen LogP contribution in [0.4, 0.5) is 0 Å². The summed E-state index contributed by atoms with van der Waals surface area (Å²) in [4.78, 5) is 10.5. The molecule has 0 aliphatic heterocycles. The number of hydrogen-bond acceptors (Lipinski definition) is 2. The third-order valence-electron chi connectivity index (χ3n) is 3.54. The average Bonchev–Trinajstić information content (AvgIpc) is 2.16. The van der Waals surface area contributed by atoms with Crippen molar-refractivity contribution >= 4 is 13.3 Å². The molecule has 0 spiro atoms. The standard InChI is InChI=1S/C9H21O2P/c1-5-12(6-2,7-3,8-4)11-9-10/h9H,5-8H2,1-4H3. The topological polar surface area (TPSA) is 26.3 Å². The summed E-state index contributed by atoms with van der Waals surface area (Å²) in [6.45, 7) is 7.12. The summed E-state index contributed by atoms with van der Waals surface area (Å²) in [6, 6.07) is 0. The molecule has 0 aromatic rings. The van der Waals surface area contributed by atoms with Gasteiger partial charge >= 0.3 is 75.0 Å². The first kappa shape index (κ1) is 11.9. The summed E-state index contributed by atoms with van der Waals surface area (Å²) >= 11 is 0. The Hall–Kier alpha value is -0.100. The first-order valence-corrected chi connectivity index (χ1v) is 7.64. The van der Waals surface area contributed by atoms with Crippen LogP contribution in [0, 0.1) is 0 Å². The van der Waals surface area contributed by atoms with Crippen LogP contribution in [0.2, 0.25) is 0 Å². The first-order valence-electron chi connectivity index (χ1n) is 4.75. The second-order valence-corrected chi connectivity index (χ2v) is 9.78. The molecule has 0 heterocycles. The van der Waals surface area contributed by atoms with E-state index in [1.807, 2.05) is 0 Å². The van der Waals surface area contributed by atoms with Crippen molar-refractivity contribution in [2.45, 2.75) is 27.7 Å². The normalized spacial score (nSPS) is 14.8. The van der Waals surface area contributed by atoms with E-state index in [0.717, 1.165) is 24.6 Å². The SMILES string of the molecule is CCP(CC)(CC)(CC)OC=O. The molecule has 0 aromatic heterocycles. The molecule has 74 valence electrons. The molecule has 0 saturated carbocycles. The zero-order valence-electron chi connectivity index (χ0n) is 8.67. The van der Waals surface area contributed by atoms with E-state index in [1.165, 1.54) is 0 Å². The van der Waals surface area contributed by atoms with E-state index in [2.05, 4.69) is 27.7 Å². The predicted octanol–water partition coefficient (Wildman–Crippen LogP) is 2.71. The van der Waals surface area contributed by atoms with Crippen LogP contribution in [0.15, 0.2) is 0 Å². The zero-order valence-corrected chi connectivity index (χ0v) is 9.56. The van der Waals surface area contributed by atoms with E-state index in [-0.39, 0.29) is 0 Å². The fraction of sp³-hybridized carbons (Fsp3) is 0.889. The van der Waals surface area contributed by atoms with Crippen LogP contribution in [0.5, 0.6) is 0 Å². The van der Waals surface area contributed by atoms with Crippen LogP contribution < -0.4 is 0 Å². The van der Waals surface area contributed by atoms with Gasteiger partial charge in [-0.15, -0.1) is 0 Å². The third-order valence-corrected chi connectivity index (χ3v) is 10.6. The van der Waals surface area contributed by atoms with Crippen LogP contribution >= 0.6 is 6.83 Å². The number of carbonyl (C=O) groups is 1. The van der Waals surface area contributed by atoms with Crippen LogP contribution in [0.25, 0.3) is 0 Å². The van der Waals surface area contributed by atoms with Gasteiger partial charge in [-0.1, -0.05) is 0 Å². The molecule has 0 atom stereocenters.